The minimum absolute atomic E-state index is 0.304. The summed E-state index contributed by atoms with van der Waals surface area (Å²) in [6.45, 7) is 1.70. The van der Waals surface area contributed by atoms with Gasteiger partial charge in [-0.25, -0.2) is 4.98 Å². The molecule has 0 bridgehead atoms. The van der Waals surface area contributed by atoms with Crippen molar-refractivity contribution in [3.63, 3.8) is 0 Å². The van der Waals surface area contributed by atoms with Crippen LogP contribution in [0.1, 0.15) is 30.7 Å². The minimum Gasteiger partial charge on any atom is -0.381 e. The lowest BCUT2D eigenvalue weighted by Crippen LogP contribution is -2.17. The smallest absolute Gasteiger partial charge is 0.139 e. The first-order valence-corrected chi connectivity index (χ1v) is 10.1. The fourth-order valence-electron chi connectivity index (χ4n) is 3.52. The molecule has 1 aromatic heterocycles. The molecule has 2 heterocycles. The van der Waals surface area contributed by atoms with E-state index in [4.69, 9.17) is 4.74 Å². The summed E-state index contributed by atoms with van der Waals surface area (Å²) in [4.78, 5) is 17.0. The van der Waals surface area contributed by atoms with Gasteiger partial charge in [0.25, 0.3) is 0 Å². The van der Waals surface area contributed by atoms with E-state index >= 15 is 0 Å². The van der Waals surface area contributed by atoms with Gasteiger partial charge in [0.2, 0.25) is 0 Å². The molecule has 3 aromatic rings. The molecular weight excluding hydrogens is 342 g/mol. The van der Waals surface area contributed by atoms with Crippen molar-refractivity contribution in [1.29, 1.82) is 0 Å². The second-order valence-electron chi connectivity index (χ2n) is 6.97. The molecule has 1 aliphatic heterocycles. The van der Waals surface area contributed by atoms with E-state index < -0.39 is 0 Å². The SMILES string of the molecule is O=C(CCC1CCOCC1)Cc1nc2ccc(-c3ccccc3)cc2s1. The maximum Gasteiger partial charge on any atom is 0.139 e. The van der Waals surface area contributed by atoms with Crippen molar-refractivity contribution >= 4 is 27.3 Å². The number of ether oxygens (including phenoxy) is 1. The van der Waals surface area contributed by atoms with Crippen molar-refractivity contribution in [3.05, 3.63) is 53.5 Å². The number of ketones is 1. The van der Waals surface area contributed by atoms with E-state index in [1.165, 1.54) is 11.1 Å². The van der Waals surface area contributed by atoms with Crippen molar-refractivity contribution in [3.8, 4) is 11.1 Å². The van der Waals surface area contributed by atoms with Gasteiger partial charge in [-0.05, 0) is 48.4 Å². The fraction of sp³-hybridized carbons (Fsp3) is 0.364. The monoisotopic (exact) mass is 365 g/mol. The number of fused-ring (bicyclic) bond motifs is 1. The second-order valence-corrected chi connectivity index (χ2v) is 8.08. The Balaban J connectivity index is 1.41. The zero-order chi connectivity index (χ0) is 17.8. The van der Waals surface area contributed by atoms with Gasteiger partial charge in [0, 0.05) is 19.6 Å². The van der Waals surface area contributed by atoms with Crippen molar-refractivity contribution in [2.75, 3.05) is 13.2 Å². The van der Waals surface area contributed by atoms with Crippen LogP contribution in [0, 0.1) is 5.92 Å². The van der Waals surface area contributed by atoms with Gasteiger partial charge < -0.3 is 4.74 Å². The highest BCUT2D eigenvalue weighted by molar-refractivity contribution is 7.18. The number of Topliss-reactive ketones (excluding diaryl/α,β-unsaturated/α-hetero) is 1. The third kappa shape index (κ3) is 4.19. The number of hydrogen-bond donors (Lipinski definition) is 0. The number of carbonyl (C=O) groups is 1. The molecule has 0 amide bonds. The van der Waals surface area contributed by atoms with Gasteiger partial charge in [-0.3, -0.25) is 4.79 Å². The lowest BCUT2D eigenvalue weighted by molar-refractivity contribution is -0.118. The van der Waals surface area contributed by atoms with Crippen LogP contribution in [-0.4, -0.2) is 24.0 Å². The van der Waals surface area contributed by atoms with Crippen LogP contribution < -0.4 is 0 Å². The topological polar surface area (TPSA) is 39.2 Å². The number of carbonyl (C=O) groups excluding carboxylic acids is 1. The third-order valence-electron chi connectivity index (χ3n) is 5.06. The molecule has 0 N–H and O–H groups in total. The first kappa shape index (κ1) is 17.4. The molecule has 1 saturated heterocycles. The van der Waals surface area contributed by atoms with E-state index in [-0.39, 0.29) is 0 Å². The Bertz CT molecular complexity index is 882. The number of aromatic nitrogens is 1. The van der Waals surface area contributed by atoms with Gasteiger partial charge in [0.05, 0.1) is 16.6 Å². The molecule has 1 fully saturated rings. The molecule has 0 aliphatic carbocycles. The quantitative estimate of drug-likeness (QED) is 0.596. The summed E-state index contributed by atoms with van der Waals surface area (Å²) >= 11 is 1.64. The molecule has 0 unspecified atom stereocenters. The highest BCUT2D eigenvalue weighted by atomic mass is 32.1. The number of nitrogens with zero attached hydrogens (tertiary/aromatic N) is 1. The highest BCUT2D eigenvalue weighted by Gasteiger charge is 2.16. The zero-order valence-electron chi connectivity index (χ0n) is 14.8. The Morgan fingerprint density at radius 3 is 2.69 bits per heavy atom. The minimum atomic E-state index is 0.304. The number of benzene rings is 2. The molecule has 4 heteroatoms. The van der Waals surface area contributed by atoms with Crippen LogP contribution in [0.25, 0.3) is 21.3 Å². The number of rotatable bonds is 6. The normalized spacial score (nSPS) is 15.4. The van der Waals surface area contributed by atoms with Crippen LogP contribution >= 0.6 is 11.3 Å². The van der Waals surface area contributed by atoms with Gasteiger partial charge in [-0.1, -0.05) is 36.4 Å². The molecule has 0 radical (unpaired) electrons. The van der Waals surface area contributed by atoms with E-state index in [0.717, 1.165) is 47.7 Å². The van der Waals surface area contributed by atoms with Crippen LogP contribution in [0.15, 0.2) is 48.5 Å². The van der Waals surface area contributed by atoms with E-state index in [2.05, 4.69) is 47.4 Å². The van der Waals surface area contributed by atoms with Gasteiger partial charge in [-0.15, -0.1) is 11.3 Å². The molecule has 0 atom stereocenters. The highest BCUT2D eigenvalue weighted by Crippen LogP contribution is 2.29. The van der Waals surface area contributed by atoms with E-state index in [1.54, 1.807) is 11.3 Å². The Labute approximate surface area is 158 Å². The lowest BCUT2D eigenvalue weighted by atomic mass is 9.93. The Kier molecular flexibility index (Phi) is 5.42. The van der Waals surface area contributed by atoms with Crippen LogP contribution in [0.3, 0.4) is 0 Å². The molecule has 4 rings (SSSR count). The zero-order valence-corrected chi connectivity index (χ0v) is 15.6. The molecule has 0 saturated carbocycles. The molecule has 2 aromatic carbocycles. The van der Waals surface area contributed by atoms with E-state index in [9.17, 15) is 4.79 Å². The second kappa shape index (κ2) is 8.11. The fourth-order valence-corrected chi connectivity index (χ4v) is 4.55. The Hall–Kier alpha value is -2.04. The van der Waals surface area contributed by atoms with Crippen molar-refractivity contribution in [2.24, 2.45) is 5.92 Å². The maximum absolute atomic E-state index is 12.4. The van der Waals surface area contributed by atoms with Crippen LogP contribution in [-0.2, 0) is 16.0 Å². The first-order valence-electron chi connectivity index (χ1n) is 9.32. The average molecular weight is 365 g/mol. The molecule has 1 aliphatic rings. The standard InChI is InChI=1S/C22H23NO2S/c24-19(8-6-16-10-12-25-13-11-16)15-22-23-20-9-7-18(14-21(20)26-22)17-4-2-1-3-5-17/h1-5,7,9,14,16H,6,8,10-13,15H2. The number of thiazole rings is 1. The molecule has 26 heavy (non-hydrogen) atoms. The maximum atomic E-state index is 12.4. The van der Waals surface area contributed by atoms with Gasteiger partial charge >= 0.3 is 0 Å². The summed E-state index contributed by atoms with van der Waals surface area (Å²) in [6, 6.07) is 16.7. The van der Waals surface area contributed by atoms with Crippen LogP contribution in [0.5, 0.6) is 0 Å². The Morgan fingerprint density at radius 2 is 1.88 bits per heavy atom. The summed E-state index contributed by atoms with van der Waals surface area (Å²) < 4.78 is 6.54. The third-order valence-corrected chi connectivity index (χ3v) is 6.08. The lowest BCUT2D eigenvalue weighted by Gasteiger charge is -2.21. The average Bonchev–Trinajstić information content (AvgIpc) is 3.09. The predicted octanol–water partition coefficient (Wildman–Crippen LogP) is 5.28. The summed E-state index contributed by atoms with van der Waals surface area (Å²) in [6.07, 6.45) is 4.30. The molecule has 0 spiro atoms. The summed E-state index contributed by atoms with van der Waals surface area (Å²) in [5, 5.41) is 0.933. The predicted molar refractivity (Wildman–Crippen MR) is 107 cm³/mol. The summed E-state index contributed by atoms with van der Waals surface area (Å²) in [5.41, 5.74) is 3.39. The summed E-state index contributed by atoms with van der Waals surface area (Å²) in [7, 11) is 0. The molecular formula is C22H23NO2S. The van der Waals surface area contributed by atoms with Crippen molar-refractivity contribution in [2.45, 2.75) is 32.1 Å². The number of hydrogen-bond acceptors (Lipinski definition) is 4. The summed E-state index contributed by atoms with van der Waals surface area (Å²) in [5.74, 6) is 0.954. The van der Waals surface area contributed by atoms with Gasteiger partial charge in [-0.2, -0.15) is 0 Å². The molecule has 134 valence electrons. The van der Waals surface area contributed by atoms with Gasteiger partial charge in [0.1, 0.15) is 10.8 Å². The molecule has 3 nitrogen and oxygen atoms in total. The Morgan fingerprint density at radius 1 is 1.08 bits per heavy atom. The first-order chi connectivity index (χ1) is 12.8. The van der Waals surface area contributed by atoms with Crippen LogP contribution in [0.2, 0.25) is 0 Å². The van der Waals surface area contributed by atoms with E-state index in [0.29, 0.717) is 24.5 Å². The van der Waals surface area contributed by atoms with E-state index in [1.807, 2.05) is 6.07 Å². The van der Waals surface area contributed by atoms with Crippen molar-refractivity contribution < 1.29 is 9.53 Å². The van der Waals surface area contributed by atoms with Crippen molar-refractivity contribution in [1.82, 2.24) is 4.98 Å². The van der Waals surface area contributed by atoms with Crippen LogP contribution in [0.4, 0.5) is 0 Å². The van der Waals surface area contributed by atoms with Gasteiger partial charge in [0.15, 0.2) is 0 Å². The largest absolute Gasteiger partial charge is 0.381 e.